The summed E-state index contributed by atoms with van der Waals surface area (Å²) in [7, 11) is 1.68. The molecule has 0 unspecified atom stereocenters. The number of benzene rings is 2. The first-order valence-electron chi connectivity index (χ1n) is 8.98. The highest BCUT2D eigenvalue weighted by atomic mass is 16.5. The second kappa shape index (κ2) is 8.13. The van der Waals surface area contributed by atoms with Crippen molar-refractivity contribution in [1.82, 2.24) is 4.90 Å². The molecule has 26 heavy (non-hydrogen) atoms. The lowest BCUT2D eigenvalue weighted by molar-refractivity contribution is -0.138. The van der Waals surface area contributed by atoms with Gasteiger partial charge >= 0.3 is 0 Å². The number of anilines is 1. The van der Waals surface area contributed by atoms with Crippen molar-refractivity contribution < 1.29 is 14.3 Å². The molecular weight excluding hydrogens is 328 g/mol. The SMILES string of the molecule is COc1ccccc1N1CCN(C(=O)[C@@H](C)Oc2cccc(C)c2)CC1. The van der Waals surface area contributed by atoms with E-state index in [4.69, 9.17) is 9.47 Å². The number of nitrogens with zero attached hydrogens (tertiary/aromatic N) is 2. The van der Waals surface area contributed by atoms with Crippen molar-refractivity contribution in [3.8, 4) is 11.5 Å². The van der Waals surface area contributed by atoms with E-state index in [2.05, 4.69) is 11.0 Å². The number of hydrogen-bond donors (Lipinski definition) is 0. The predicted molar refractivity (Wildman–Crippen MR) is 103 cm³/mol. The number of methoxy groups -OCH3 is 1. The molecule has 2 aromatic carbocycles. The smallest absolute Gasteiger partial charge is 0.263 e. The molecule has 1 saturated heterocycles. The van der Waals surface area contributed by atoms with E-state index in [0.717, 1.165) is 35.8 Å². The normalized spacial score (nSPS) is 15.5. The van der Waals surface area contributed by atoms with Crippen LogP contribution in [0, 0.1) is 6.92 Å². The van der Waals surface area contributed by atoms with Gasteiger partial charge in [-0.2, -0.15) is 0 Å². The molecular formula is C21H26N2O3. The van der Waals surface area contributed by atoms with Gasteiger partial charge in [0.1, 0.15) is 11.5 Å². The second-order valence-electron chi connectivity index (χ2n) is 6.56. The highest BCUT2D eigenvalue weighted by molar-refractivity contribution is 5.81. The Labute approximate surface area is 155 Å². The lowest BCUT2D eigenvalue weighted by atomic mass is 10.2. The van der Waals surface area contributed by atoms with Crippen LogP contribution in [0.5, 0.6) is 11.5 Å². The standard InChI is InChI=1S/C21H26N2O3/c1-16-7-6-8-18(15-16)26-17(2)21(24)23-13-11-22(12-14-23)19-9-4-5-10-20(19)25-3/h4-10,15,17H,11-14H2,1-3H3/t17-/m1/s1. The van der Waals surface area contributed by atoms with E-state index in [1.807, 2.05) is 61.2 Å². The fourth-order valence-electron chi connectivity index (χ4n) is 3.26. The molecule has 1 atom stereocenters. The molecule has 0 aliphatic carbocycles. The van der Waals surface area contributed by atoms with Crippen LogP contribution in [-0.2, 0) is 4.79 Å². The van der Waals surface area contributed by atoms with Crippen molar-refractivity contribution in [2.75, 3.05) is 38.2 Å². The summed E-state index contributed by atoms with van der Waals surface area (Å²) in [6.45, 7) is 6.75. The quantitative estimate of drug-likeness (QED) is 0.827. The summed E-state index contributed by atoms with van der Waals surface area (Å²) in [6, 6.07) is 15.8. The molecule has 0 radical (unpaired) electrons. The summed E-state index contributed by atoms with van der Waals surface area (Å²) in [4.78, 5) is 16.9. The van der Waals surface area contributed by atoms with Crippen LogP contribution in [0.15, 0.2) is 48.5 Å². The van der Waals surface area contributed by atoms with E-state index >= 15 is 0 Å². The van der Waals surface area contributed by atoms with Gasteiger partial charge in [-0.25, -0.2) is 0 Å². The minimum absolute atomic E-state index is 0.0335. The summed E-state index contributed by atoms with van der Waals surface area (Å²) in [5, 5.41) is 0. The largest absolute Gasteiger partial charge is 0.495 e. The van der Waals surface area contributed by atoms with Gasteiger partial charge in [-0.15, -0.1) is 0 Å². The molecule has 5 heteroatoms. The molecule has 2 aromatic rings. The topological polar surface area (TPSA) is 42.0 Å². The molecule has 1 heterocycles. The number of rotatable bonds is 5. The van der Waals surface area contributed by atoms with Crippen LogP contribution < -0.4 is 14.4 Å². The van der Waals surface area contributed by atoms with E-state index in [1.54, 1.807) is 7.11 Å². The molecule has 5 nitrogen and oxygen atoms in total. The monoisotopic (exact) mass is 354 g/mol. The third-order valence-electron chi connectivity index (χ3n) is 4.67. The van der Waals surface area contributed by atoms with Crippen LogP contribution >= 0.6 is 0 Å². The molecule has 1 fully saturated rings. The maximum absolute atomic E-state index is 12.7. The highest BCUT2D eigenvalue weighted by Gasteiger charge is 2.27. The number of aryl methyl sites for hydroxylation is 1. The van der Waals surface area contributed by atoms with Crippen LogP contribution in [0.4, 0.5) is 5.69 Å². The average Bonchev–Trinajstić information content (AvgIpc) is 2.67. The second-order valence-corrected chi connectivity index (χ2v) is 6.56. The van der Waals surface area contributed by atoms with Crippen LogP contribution in [0.2, 0.25) is 0 Å². The number of para-hydroxylation sites is 2. The lowest BCUT2D eigenvalue weighted by Gasteiger charge is -2.37. The van der Waals surface area contributed by atoms with Crippen LogP contribution in [0.25, 0.3) is 0 Å². The number of amides is 1. The Morgan fingerprint density at radius 2 is 1.77 bits per heavy atom. The fourth-order valence-corrected chi connectivity index (χ4v) is 3.26. The van der Waals surface area contributed by atoms with Crippen molar-refractivity contribution in [2.24, 2.45) is 0 Å². The van der Waals surface area contributed by atoms with Crippen LogP contribution in [0.1, 0.15) is 12.5 Å². The zero-order valence-corrected chi connectivity index (χ0v) is 15.6. The van der Waals surface area contributed by atoms with Gasteiger partial charge in [0.15, 0.2) is 6.10 Å². The van der Waals surface area contributed by atoms with Crippen LogP contribution in [0.3, 0.4) is 0 Å². The molecule has 0 spiro atoms. The van der Waals surface area contributed by atoms with Gasteiger partial charge in [0.05, 0.1) is 12.8 Å². The summed E-state index contributed by atoms with van der Waals surface area (Å²) in [5.74, 6) is 1.63. The molecule has 138 valence electrons. The molecule has 0 aromatic heterocycles. The Kier molecular flexibility index (Phi) is 5.66. The van der Waals surface area contributed by atoms with E-state index in [9.17, 15) is 4.79 Å². The number of carbonyl (C=O) groups is 1. The number of ether oxygens (including phenoxy) is 2. The van der Waals surface area contributed by atoms with E-state index < -0.39 is 6.10 Å². The van der Waals surface area contributed by atoms with E-state index in [1.165, 1.54) is 0 Å². The average molecular weight is 354 g/mol. The summed E-state index contributed by atoms with van der Waals surface area (Å²) >= 11 is 0. The van der Waals surface area contributed by atoms with Crippen molar-refractivity contribution in [3.63, 3.8) is 0 Å². The third kappa shape index (κ3) is 4.10. The molecule has 1 aliphatic heterocycles. The van der Waals surface area contributed by atoms with Gasteiger partial charge in [0, 0.05) is 26.2 Å². The minimum Gasteiger partial charge on any atom is -0.495 e. The fraction of sp³-hybridized carbons (Fsp3) is 0.381. The van der Waals surface area contributed by atoms with Crippen LogP contribution in [-0.4, -0.2) is 50.2 Å². The van der Waals surface area contributed by atoms with Gasteiger partial charge < -0.3 is 19.3 Å². The summed E-state index contributed by atoms with van der Waals surface area (Å²) < 4.78 is 11.3. The number of hydrogen-bond acceptors (Lipinski definition) is 4. The van der Waals surface area contributed by atoms with E-state index in [0.29, 0.717) is 13.1 Å². The Balaban J connectivity index is 1.58. The van der Waals surface area contributed by atoms with Crippen molar-refractivity contribution in [2.45, 2.75) is 20.0 Å². The maximum Gasteiger partial charge on any atom is 0.263 e. The third-order valence-corrected chi connectivity index (χ3v) is 4.67. The first-order valence-corrected chi connectivity index (χ1v) is 8.98. The number of carbonyl (C=O) groups excluding carboxylic acids is 1. The van der Waals surface area contributed by atoms with Crippen molar-refractivity contribution in [3.05, 3.63) is 54.1 Å². The van der Waals surface area contributed by atoms with Gasteiger partial charge in [-0.3, -0.25) is 4.79 Å². The Bertz CT molecular complexity index is 754. The Morgan fingerprint density at radius 3 is 2.46 bits per heavy atom. The first kappa shape index (κ1) is 18.1. The Morgan fingerprint density at radius 1 is 1.04 bits per heavy atom. The molecule has 0 N–H and O–H groups in total. The van der Waals surface area contributed by atoms with E-state index in [-0.39, 0.29) is 5.91 Å². The Hall–Kier alpha value is -2.69. The van der Waals surface area contributed by atoms with Gasteiger partial charge in [-0.05, 0) is 43.7 Å². The lowest BCUT2D eigenvalue weighted by Crippen LogP contribution is -2.52. The summed E-state index contributed by atoms with van der Waals surface area (Å²) in [5.41, 5.74) is 2.19. The van der Waals surface area contributed by atoms with Crippen molar-refractivity contribution >= 4 is 11.6 Å². The van der Waals surface area contributed by atoms with Gasteiger partial charge in [-0.1, -0.05) is 24.3 Å². The molecule has 0 saturated carbocycles. The zero-order valence-electron chi connectivity index (χ0n) is 15.6. The van der Waals surface area contributed by atoms with Gasteiger partial charge in [0.25, 0.3) is 5.91 Å². The molecule has 0 bridgehead atoms. The minimum atomic E-state index is -0.491. The zero-order chi connectivity index (χ0) is 18.5. The predicted octanol–water partition coefficient (Wildman–Crippen LogP) is 3.12. The highest BCUT2D eigenvalue weighted by Crippen LogP contribution is 2.28. The first-order chi connectivity index (χ1) is 12.6. The summed E-state index contributed by atoms with van der Waals surface area (Å²) in [6.07, 6.45) is -0.491. The molecule has 3 rings (SSSR count). The van der Waals surface area contributed by atoms with Crippen molar-refractivity contribution in [1.29, 1.82) is 0 Å². The van der Waals surface area contributed by atoms with Gasteiger partial charge in [0.2, 0.25) is 0 Å². The number of piperazine rings is 1. The molecule has 1 aliphatic rings. The maximum atomic E-state index is 12.7. The molecule has 1 amide bonds.